The van der Waals surface area contributed by atoms with Crippen LogP contribution < -0.4 is 10.2 Å². The van der Waals surface area contributed by atoms with E-state index in [9.17, 15) is 0 Å². The predicted molar refractivity (Wildman–Crippen MR) is 110 cm³/mol. The van der Waals surface area contributed by atoms with Gasteiger partial charge in [-0.3, -0.25) is 0 Å². The van der Waals surface area contributed by atoms with Gasteiger partial charge in [-0.2, -0.15) is 0 Å². The largest absolute Gasteiger partial charge is 0.346 e. The molecule has 0 bridgehead atoms. The van der Waals surface area contributed by atoms with Crippen molar-refractivity contribution in [2.75, 3.05) is 37.3 Å². The van der Waals surface area contributed by atoms with E-state index in [1.165, 1.54) is 5.56 Å². The molecule has 0 saturated carbocycles. The summed E-state index contributed by atoms with van der Waals surface area (Å²) in [5.74, 6) is 0. The van der Waals surface area contributed by atoms with Crippen molar-refractivity contribution in [3.05, 3.63) is 42.1 Å². The van der Waals surface area contributed by atoms with Crippen LogP contribution in [0.5, 0.6) is 0 Å². The first-order valence-electron chi connectivity index (χ1n) is 8.65. The monoisotopic (exact) mass is 383 g/mol. The van der Waals surface area contributed by atoms with E-state index in [4.69, 9.17) is 9.97 Å². The highest BCUT2D eigenvalue weighted by atomic mass is 32.2. The molecule has 0 spiro atoms. The van der Waals surface area contributed by atoms with Crippen LogP contribution in [0, 0.1) is 6.92 Å². The number of benzene rings is 1. The van der Waals surface area contributed by atoms with E-state index >= 15 is 0 Å². The number of nitrogens with one attached hydrogen (secondary N) is 1. The summed E-state index contributed by atoms with van der Waals surface area (Å²) in [6, 6.07) is 10.5. The van der Waals surface area contributed by atoms with Gasteiger partial charge in [0.15, 0.2) is 10.3 Å². The van der Waals surface area contributed by atoms with Crippen LogP contribution in [0.25, 0.3) is 21.8 Å². The molecule has 5 nitrogen and oxygen atoms in total. The van der Waals surface area contributed by atoms with Gasteiger partial charge in [0.25, 0.3) is 0 Å². The summed E-state index contributed by atoms with van der Waals surface area (Å²) < 4.78 is 0. The van der Waals surface area contributed by atoms with E-state index in [0.29, 0.717) is 0 Å². The molecule has 26 heavy (non-hydrogen) atoms. The first-order valence-corrected chi connectivity index (χ1v) is 10.7. The number of anilines is 1. The standard InChI is InChI=1S/C19H21N5S2/c1-13-4-3-5-14(12-13)16-17(15-6-7-21-18(22-15)25-2)26-19(23-16)24-10-8-20-9-11-24/h3-7,12,20H,8-11H2,1-2H3. The van der Waals surface area contributed by atoms with Crippen LogP contribution in [0.4, 0.5) is 5.13 Å². The van der Waals surface area contributed by atoms with Crippen molar-refractivity contribution < 1.29 is 0 Å². The third kappa shape index (κ3) is 3.60. The Bertz CT molecular complexity index is 902. The molecule has 1 aromatic carbocycles. The Hall–Kier alpha value is -1.96. The number of aryl methyl sites for hydroxylation is 1. The Morgan fingerprint density at radius 3 is 2.77 bits per heavy atom. The Balaban J connectivity index is 1.83. The molecule has 0 aliphatic carbocycles. The molecule has 0 radical (unpaired) electrons. The number of thioether (sulfide) groups is 1. The lowest BCUT2D eigenvalue weighted by Gasteiger charge is -2.26. The lowest BCUT2D eigenvalue weighted by molar-refractivity contribution is 0.588. The molecule has 2 aromatic heterocycles. The van der Waals surface area contributed by atoms with Crippen LogP contribution in [0.1, 0.15) is 5.56 Å². The number of thiazole rings is 1. The zero-order valence-electron chi connectivity index (χ0n) is 14.9. The second-order valence-electron chi connectivity index (χ2n) is 6.21. The summed E-state index contributed by atoms with van der Waals surface area (Å²) in [6.07, 6.45) is 3.83. The van der Waals surface area contributed by atoms with Gasteiger partial charge in [0.1, 0.15) is 0 Å². The highest BCUT2D eigenvalue weighted by Gasteiger charge is 2.21. The number of hydrogen-bond acceptors (Lipinski definition) is 7. The third-order valence-electron chi connectivity index (χ3n) is 4.34. The van der Waals surface area contributed by atoms with Gasteiger partial charge in [-0.05, 0) is 25.3 Å². The van der Waals surface area contributed by atoms with Crippen molar-refractivity contribution in [3.8, 4) is 21.8 Å². The van der Waals surface area contributed by atoms with E-state index in [1.807, 2.05) is 18.5 Å². The van der Waals surface area contributed by atoms with Crippen molar-refractivity contribution in [1.29, 1.82) is 0 Å². The summed E-state index contributed by atoms with van der Waals surface area (Å²) in [4.78, 5) is 17.5. The first kappa shape index (κ1) is 17.5. The molecule has 1 aliphatic heterocycles. The van der Waals surface area contributed by atoms with Crippen molar-refractivity contribution in [3.63, 3.8) is 0 Å². The maximum atomic E-state index is 5.03. The van der Waals surface area contributed by atoms with Crippen molar-refractivity contribution in [2.24, 2.45) is 0 Å². The molecule has 1 fully saturated rings. The lowest BCUT2D eigenvalue weighted by atomic mass is 10.1. The Labute approximate surface area is 161 Å². The highest BCUT2D eigenvalue weighted by molar-refractivity contribution is 7.98. The number of piperazine rings is 1. The van der Waals surface area contributed by atoms with E-state index in [1.54, 1.807) is 23.1 Å². The molecular formula is C19H21N5S2. The molecule has 134 valence electrons. The van der Waals surface area contributed by atoms with Gasteiger partial charge >= 0.3 is 0 Å². The molecule has 3 heterocycles. The summed E-state index contributed by atoms with van der Waals surface area (Å²) in [7, 11) is 0. The molecule has 1 aliphatic rings. The normalized spacial score (nSPS) is 14.6. The second kappa shape index (κ2) is 7.73. The maximum absolute atomic E-state index is 5.03. The van der Waals surface area contributed by atoms with Crippen LogP contribution in [-0.4, -0.2) is 47.4 Å². The molecule has 7 heteroatoms. The average Bonchev–Trinajstić information content (AvgIpc) is 3.14. The van der Waals surface area contributed by atoms with E-state index in [0.717, 1.165) is 58.3 Å². The first-order chi connectivity index (χ1) is 12.7. The summed E-state index contributed by atoms with van der Waals surface area (Å²) in [5.41, 5.74) is 4.33. The highest BCUT2D eigenvalue weighted by Crippen LogP contribution is 2.40. The molecule has 3 aromatic rings. The number of nitrogens with zero attached hydrogens (tertiary/aromatic N) is 4. The fourth-order valence-corrected chi connectivity index (χ4v) is 4.49. The van der Waals surface area contributed by atoms with Crippen LogP contribution in [0.2, 0.25) is 0 Å². The number of rotatable bonds is 4. The summed E-state index contributed by atoms with van der Waals surface area (Å²) in [6.45, 7) is 6.08. The Morgan fingerprint density at radius 2 is 2.00 bits per heavy atom. The molecular weight excluding hydrogens is 362 g/mol. The van der Waals surface area contributed by atoms with Crippen LogP contribution >= 0.6 is 23.1 Å². The lowest BCUT2D eigenvalue weighted by Crippen LogP contribution is -2.43. The topological polar surface area (TPSA) is 53.9 Å². The average molecular weight is 384 g/mol. The Morgan fingerprint density at radius 1 is 1.15 bits per heavy atom. The number of aromatic nitrogens is 3. The predicted octanol–water partition coefficient (Wildman–Crippen LogP) is 3.71. The SMILES string of the molecule is CSc1nccc(-c2sc(N3CCNCC3)nc2-c2cccc(C)c2)n1. The summed E-state index contributed by atoms with van der Waals surface area (Å²) in [5, 5.41) is 5.26. The fraction of sp³-hybridized carbons (Fsp3) is 0.316. The van der Waals surface area contributed by atoms with Crippen LogP contribution in [0.3, 0.4) is 0 Å². The smallest absolute Gasteiger partial charge is 0.187 e. The maximum Gasteiger partial charge on any atom is 0.187 e. The number of hydrogen-bond donors (Lipinski definition) is 1. The third-order valence-corrected chi connectivity index (χ3v) is 6.04. The minimum Gasteiger partial charge on any atom is -0.346 e. The van der Waals surface area contributed by atoms with Gasteiger partial charge in [0, 0.05) is 37.9 Å². The van der Waals surface area contributed by atoms with E-state index in [-0.39, 0.29) is 0 Å². The minimum atomic E-state index is 0.787. The molecule has 0 unspecified atom stereocenters. The molecule has 1 saturated heterocycles. The molecule has 0 amide bonds. The zero-order chi connectivity index (χ0) is 17.9. The fourth-order valence-electron chi connectivity index (χ4n) is 3.03. The van der Waals surface area contributed by atoms with Gasteiger partial charge < -0.3 is 10.2 Å². The quantitative estimate of drug-likeness (QED) is 0.548. The van der Waals surface area contributed by atoms with E-state index < -0.39 is 0 Å². The zero-order valence-corrected chi connectivity index (χ0v) is 16.5. The Kier molecular flexibility index (Phi) is 5.19. The molecule has 1 N–H and O–H groups in total. The van der Waals surface area contributed by atoms with Crippen LogP contribution in [-0.2, 0) is 0 Å². The van der Waals surface area contributed by atoms with Crippen molar-refractivity contribution >= 4 is 28.2 Å². The summed E-state index contributed by atoms with van der Waals surface area (Å²) >= 11 is 3.29. The molecule has 0 atom stereocenters. The minimum absolute atomic E-state index is 0.787. The van der Waals surface area contributed by atoms with Gasteiger partial charge in [-0.1, -0.05) is 46.9 Å². The van der Waals surface area contributed by atoms with Gasteiger partial charge in [-0.25, -0.2) is 15.0 Å². The van der Waals surface area contributed by atoms with Gasteiger partial charge in [0.05, 0.1) is 16.3 Å². The van der Waals surface area contributed by atoms with Crippen molar-refractivity contribution in [1.82, 2.24) is 20.3 Å². The van der Waals surface area contributed by atoms with E-state index in [2.05, 4.69) is 46.4 Å². The molecule has 4 rings (SSSR count). The van der Waals surface area contributed by atoms with Gasteiger partial charge in [0.2, 0.25) is 0 Å². The van der Waals surface area contributed by atoms with Crippen molar-refractivity contribution in [2.45, 2.75) is 12.1 Å². The second-order valence-corrected chi connectivity index (χ2v) is 7.96. The van der Waals surface area contributed by atoms with Gasteiger partial charge in [-0.15, -0.1) is 0 Å². The van der Waals surface area contributed by atoms with Crippen LogP contribution in [0.15, 0.2) is 41.7 Å².